The van der Waals surface area contributed by atoms with E-state index in [0.29, 0.717) is 17.3 Å². The summed E-state index contributed by atoms with van der Waals surface area (Å²) in [7, 11) is 3.58. The number of hydrogen-bond donors (Lipinski definition) is 2. The molecule has 0 spiro atoms. The summed E-state index contributed by atoms with van der Waals surface area (Å²) in [6.45, 7) is 0.502. The van der Waals surface area contributed by atoms with E-state index in [9.17, 15) is 5.11 Å². The number of nitrogens with one attached hydrogen (secondary N) is 1. The fourth-order valence-electron chi connectivity index (χ4n) is 2.87. The molecule has 1 heterocycles. The van der Waals surface area contributed by atoms with Crippen LogP contribution in [0.5, 0.6) is 11.5 Å². The van der Waals surface area contributed by atoms with E-state index in [1.807, 2.05) is 42.1 Å². The van der Waals surface area contributed by atoms with Crippen molar-refractivity contribution in [2.45, 2.75) is 12.1 Å². The normalized spacial score (nSPS) is 12.7. The number of ether oxygens (including phenoxy) is 2. The second-order valence-electron chi connectivity index (χ2n) is 6.43. The second kappa shape index (κ2) is 11.1. The van der Waals surface area contributed by atoms with Gasteiger partial charge in [0.15, 0.2) is 0 Å². The van der Waals surface area contributed by atoms with Gasteiger partial charge in [-0.15, -0.1) is 12.4 Å². The third-order valence-electron chi connectivity index (χ3n) is 4.36. The maximum atomic E-state index is 10.4. The smallest absolute Gasteiger partial charge is 0.130 e. The van der Waals surface area contributed by atoms with Crippen molar-refractivity contribution in [2.24, 2.45) is 7.05 Å². The van der Waals surface area contributed by atoms with E-state index in [0.717, 1.165) is 17.1 Å². The van der Waals surface area contributed by atoms with E-state index < -0.39 is 6.10 Å². The Kier molecular flexibility index (Phi) is 8.79. The predicted octanol–water partition coefficient (Wildman–Crippen LogP) is 3.62. The van der Waals surface area contributed by atoms with E-state index in [4.69, 9.17) is 21.1 Å². The molecule has 2 aromatic carbocycles. The molecular weight excluding hydrogens is 413 g/mol. The molecule has 1 aromatic heterocycles. The number of aromatic nitrogens is 2. The zero-order chi connectivity index (χ0) is 19.9. The monoisotopic (exact) mass is 437 g/mol. The van der Waals surface area contributed by atoms with Crippen LogP contribution >= 0.6 is 24.0 Å². The Labute approximate surface area is 181 Å². The fraction of sp³-hybridized carbons (Fsp3) is 0.286. The molecule has 0 saturated heterocycles. The summed E-state index contributed by atoms with van der Waals surface area (Å²) in [6.07, 6.45) is 2.96. The van der Waals surface area contributed by atoms with Crippen LogP contribution in [0.15, 0.2) is 60.9 Å². The lowest BCUT2D eigenvalue weighted by atomic mass is 10.1. The molecule has 3 rings (SSSR count). The molecule has 0 aliphatic heterocycles. The first-order valence-electron chi connectivity index (χ1n) is 8.98. The quantitative estimate of drug-likeness (QED) is 0.534. The predicted molar refractivity (Wildman–Crippen MR) is 116 cm³/mol. The summed E-state index contributed by atoms with van der Waals surface area (Å²) >= 11 is 5.87. The van der Waals surface area contributed by atoms with E-state index in [-0.39, 0.29) is 25.1 Å². The molecule has 0 bridgehead atoms. The number of aliphatic hydroxyl groups is 1. The number of aliphatic hydroxyl groups excluding tert-OH is 1. The van der Waals surface area contributed by atoms with Gasteiger partial charge in [0.25, 0.3) is 0 Å². The van der Waals surface area contributed by atoms with Crippen molar-refractivity contribution < 1.29 is 14.6 Å². The van der Waals surface area contributed by atoms with Gasteiger partial charge in [-0.05, 0) is 42.0 Å². The number of halogens is 2. The lowest BCUT2D eigenvalue weighted by Crippen LogP contribution is -2.35. The van der Waals surface area contributed by atoms with E-state index in [1.165, 1.54) is 0 Å². The van der Waals surface area contributed by atoms with E-state index >= 15 is 0 Å². The Balaban J connectivity index is 0.00000300. The standard InChI is InChI=1S/C21H24ClN3O3.ClH/c1-25-11-10-23-21(25)20(15-4-3-5-19(12-15)27-2)24-13-17(26)14-28-18-8-6-16(22)7-9-18;/h3-12,17,20,24,26H,13-14H2,1-2H3;1H. The van der Waals surface area contributed by atoms with Gasteiger partial charge < -0.3 is 24.5 Å². The molecule has 8 heteroatoms. The highest BCUT2D eigenvalue weighted by atomic mass is 35.5. The van der Waals surface area contributed by atoms with Crippen LogP contribution in [-0.4, -0.2) is 41.0 Å². The van der Waals surface area contributed by atoms with Crippen LogP contribution < -0.4 is 14.8 Å². The summed E-state index contributed by atoms with van der Waals surface area (Å²) < 4.78 is 12.9. The molecule has 2 N–H and O–H groups in total. The summed E-state index contributed by atoms with van der Waals surface area (Å²) in [5, 5.41) is 14.4. The third-order valence-corrected chi connectivity index (χ3v) is 4.61. The van der Waals surface area contributed by atoms with Crippen molar-refractivity contribution in [3.05, 3.63) is 77.3 Å². The van der Waals surface area contributed by atoms with Crippen molar-refractivity contribution in [3.63, 3.8) is 0 Å². The van der Waals surface area contributed by atoms with Crippen LogP contribution in [0.4, 0.5) is 0 Å². The second-order valence-corrected chi connectivity index (χ2v) is 6.87. The van der Waals surface area contributed by atoms with Crippen molar-refractivity contribution in [1.29, 1.82) is 0 Å². The first kappa shape index (κ1) is 23.0. The van der Waals surface area contributed by atoms with Crippen LogP contribution in [0.3, 0.4) is 0 Å². The van der Waals surface area contributed by atoms with Gasteiger partial charge in [0, 0.05) is 31.0 Å². The molecule has 156 valence electrons. The highest BCUT2D eigenvalue weighted by Gasteiger charge is 2.20. The molecule has 0 aliphatic carbocycles. The lowest BCUT2D eigenvalue weighted by molar-refractivity contribution is 0.104. The fourth-order valence-corrected chi connectivity index (χ4v) is 3.00. The maximum absolute atomic E-state index is 10.4. The molecule has 0 radical (unpaired) electrons. The van der Waals surface area contributed by atoms with Crippen LogP contribution in [0.25, 0.3) is 0 Å². The average Bonchev–Trinajstić information content (AvgIpc) is 3.13. The highest BCUT2D eigenvalue weighted by molar-refractivity contribution is 6.30. The van der Waals surface area contributed by atoms with Gasteiger partial charge in [-0.25, -0.2) is 4.98 Å². The highest BCUT2D eigenvalue weighted by Crippen LogP contribution is 2.24. The Bertz CT molecular complexity index is 887. The number of hydrogen-bond acceptors (Lipinski definition) is 5. The van der Waals surface area contributed by atoms with Gasteiger partial charge in [-0.1, -0.05) is 23.7 Å². The SMILES string of the molecule is COc1cccc(C(NCC(O)COc2ccc(Cl)cc2)c2nccn2C)c1.Cl. The molecule has 2 unspecified atom stereocenters. The number of imidazole rings is 1. The van der Waals surface area contributed by atoms with E-state index in [2.05, 4.69) is 10.3 Å². The first-order valence-corrected chi connectivity index (χ1v) is 9.35. The third kappa shape index (κ3) is 6.37. The van der Waals surface area contributed by atoms with Gasteiger partial charge in [-0.2, -0.15) is 0 Å². The van der Waals surface area contributed by atoms with Crippen molar-refractivity contribution in [2.75, 3.05) is 20.3 Å². The van der Waals surface area contributed by atoms with Crippen molar-refractivity contribution in [1.82, 2.24) is 14.9 Å². The number of benzene rings is 2. The Morgan fingerprint density at radius 3 is 2.59 bits per heavy atom. The molecule has 0 amide bonds. The number of methoxy groups -OCH3 is 1. The summed E-state index contributed by atoms with van der Waals surface area (Å²) in [5.41, 5.74) is 1.000. The molecule has 29 heavy (non-hydrogen) atoms. The van der Waals surface area contributed by atoms with Crippen molar-refractivity contribution in [3.8, 4) is 11.5 Å². The summed E-state index contributed by atoms with van der Waals surface area (Å²) in [4.78, 5) is 4.46. The molecule has 0 saturated carbocycles. The molecule has 2 atom stereocenters. The van der Waals surface area contributed by atoms with E-state index in [1.54, 1.807) is 37.6 Å². The Morgan fingerprint density at radius 1 is 1.17 bits per heavy atom. The van der Waals surface area contributed by atoms with Gasteiger partial charge in [0.2, 0.25) is 0 Å². The minimum atomic E-state index is -0.691. The van der Waals surface area contributed by atoms with Crippen LogP contribution in [0.1, 0.15) is 17.4 Å². The zero-order valence-corrected chi connectivity index (χ0v) is 17.9. The molecule has 0 fully saturated rings. The van der Waals surface area contributed by atoms with Crippen LogP contribution in [0, 0.1) is 0 Å². The number of nitrogens with zero attached hydrogens (tertiary/aromatic N) is 2. The molecule has 0 aliphatic rings. The minimum absolute atomic E-state index is 0. The minimum Gasteiger partial charge on any atom is -0.497 e. The maximum Gasteiger partial charge on any atom is 0.130 e. The largest absolute Gasteiger partial charge is 0.497 e. The summed E-state index contributed by atoms with van der Waals surface area (Å²) in [6, 6.07) is 14.7. The zero-order valence-electron chi connectivity index (χ0n) is 16.3. The Hall–Kier alpha value is -2.25. The molecule has 6 nitrogen and oxygen atoms in total. The van der Waals surface area contributed by atoms with Crippen LogP contribution in [0.2, 0.25) is 5.02 Å². The van der Waals surface area contributed by atoms with Crippen molar-refractivity contribution >= 4 is 24.0 Å². The number of aryl methyl sites for hydroxylation is 1. The first-order chi connectivity index (χ1) is 13.6. The average molecular weight is 438 g/mol. The summed E-state index contributed by atoms with van der Waals surface area (Å²) in [5.74, 6) is 2.28. The van der Waals surface area contributed by atoms with Gasteiger partial charge in [-0.3, -0.25) is 0 Å². The molecule has 3 aromatic rings. The van der Waals surface area contributed by atoms with Gasteiger partial charge >= 0.3 is 0 Å². The Morgan fingerprint density at radius 2 is 1.93 bits per heavy atom. The van der Waals surface area contributed by atoms with Crippen LogP contribution in [-0.2, 0) is 7.05 Å². The lowest BCUT2D eigenvalue weighted by Gasteiger charge is -2.22. The topological polar surface area (TPSA) is 68.5 Å². The molecular formula is C21H25Cl2N3O3. The number of rotatable bonds is 9. The van der Waals surface area contributed by atoms with Gasteiger partial charge in [0.05, 0.1) is 13.2 Å². The van der Waals surface area contributed by atoms with Gasteiger partial charge in [0.1, 0.15) is 30.0 Å².